The van der Waals surface area contributed by atoms with Crippen molar-refractivity contribution in [3.63, 3.8) is 0 Å². The maximum absolute atomic E-state index is 12.5. The minimum atomic E-state index is -0.417. The zero-order chi connectivity index (χ0) is 9.14. The summed E-state index contributed by atoms with van der Waals surface area (Å²) in [6.07, 6.45) is 0. The van der Waals surface area contributed by atoms with Crippen molar-refractivity contribution in [2.24, 2.45) is 5.84 Å². The van der Waals surface area contributed by atoms with Crippen LogP contribution in [0.2, 0.25) is 0 Å². The standard InChI is InChI=1S/C7H6FIN2O/c8-4-1-2-5(6(9)3-4)7(12)11-10/h1-3H,10H2,(H,11,12). The Hall–Kier alpha value is -0.690. The number of hydrogen-bond donors (Lipinski definition) is 2. The molecule has 64 valence electrons. The van der Waals surface area contributed by atoms with E-state index in [0.717, 1.165) is 0 Å². The second-order valence-corrected chi connectivity index (χ2v) is 3.26. The van der Waals surface area contributed by atoms with Crippen LogP contribution < -0.4 is 11.3 Å². The van der Waals surface area contributed by atoms with E-state index in [9.17, 15) is 9.18 Å². The van der Waals surface area contributed by atoms with Crippen LogP contribution in [-0.2, 0) is 0 Å². The molecule has 0 aliphatic heterocycles. The van der Waals surface area contributed by atoms with E-state index in [1.54, 1.807) is 0 Å². The van der Waals surface area contributed by atoms with Crippen LogP contribution in [0.1, 0.15) is 10.4 Å². The fourth-order valence-corrected chi connectivity index (χ4v) is 1.47. The molecule has 0 aliphatic carbocycles. The van der Waals surface area contributed by atoms with Gasteiger partial charge in [-0.2, -0.15) is 0 Å². The first kappa shape index (κ1) is 9.40. The molecule has 0 unspecified atom stereocenters. The van der Waals surface area contributed by atoms with Crippen molar-refractivity contribution in [3.05, 3.63) is 33.1 Å². The topological polar surface area (TPSA) is 55.1 Å². The summed E-state index contributed by atoms with van der Waals surface area (Å²) in [5, 5.41) is 0. The highest BCUT2D eigenvalue weighted by molar-refractivity contribution is 14.1. The van der Waals surface area contributed by atoms with Crippen molar-refractivity contribution in [3.8, 4) is 0 Å². The molecule has 0 atom stereocenters. The average Bonchev–Trinajstić information content (AvgIpc) is 2.03. The third kappa shape index (κ3) is 1.92. The van der Waals surface area contributed by atoms with E-state index in [4.69, 9.17) is 5.84 Å². The maximum atomic E-state index is 12.5. The molecule has 0 saturated heterocycles. The Morgan fingerprint density at radius 3 is 2.75 bits per heavy atom. The minimum Gasteiger partial charge on any atom is -0.290 e. The number of amides is 1. The smallest absolute Gasteiger partial charge is 0.266 e. The van der Waals surface area contributed by atoms with Gasteiger partial charge in [-0.3, -0.25) is 10.2 Å². The molecule has 0 bridgehead atoms. The first-order valence-electron chi connectivity index (χ1n) is 3.11. The van der Waals surface area contributed by atoms with E-state index in [1.807, 2.05) is 28.0 Å². The summed E-state index contributed by atoms with van der Waals surface area (Å²) in [6, 6.07) is 3.87. The van der Waals surface area contributed by atoms with Crippen LogP contribution in [-0.4, -0.2) is 5.91 Å². The van der Waals surface area contributed by atoms with Crippen LogP contribution >= 0.6 is 22.6 Å². The molecule has 0 radical (unpaired) electrons. The van der Waals surface area contributed by atoms with Crippen molar-refractivity contribution < 1.29 is 9.18 Å². The van der Waals surface area contributed by atoms with Gasteiger partial charge in [0.1, 0.15) is 5.82 Å². The molecule has 3 N–H and O–H groups in total. The van der Waals surface area contributed by atoms with Gasteiger partial charge in [-0.25, -0.2) is 10.2 Å². The van der Waals surface area contributed by atoms with E-state index in [-0.39, 0.29) is 5.82 Å². The van der Waals surface area contributed by atoms with Crippen molar-refractivity contribution in [2.45, 2.75) is 0 Å². The molecule has 0 heterocycles. The van der Waals surface area contributed by atoms with Crippen LogP contribution in [0.25, 0.3) is 0 Å². The lowest BCUT2D eigenvalue weighted by Crippen LogP contribution is -2.30. The molecular weight excluding hydrogens is 274 g/mol. The van der Waals surface area contributed by atoms with Gasteiger partial charge in [0.2, 0.25) is 0 Å². The highest BCUT2D eigenvalue weighted by Crippen LogP contribution is 2.13. The van der Waals surface area contributed by atoms with Crippen molar-refractivity contribution in [2.75, 3.05) is 0 Å². The zero-order valence-corrected chi connectivity index (χ0v) is 8.13. The Morgan fingerprint density at radius 2 is 2.25 bits per heavy atom. The van der Waals surface area contributed by atoms with Gasteiger partial charge < -0.3 is 0 Å². The van der Waals surface area contributed by atoms with Gasteiger partial charge in [-0.05, 0) is 40.8 Å². The Labute approximate surface area is 82.2 Å². The first-order valence-corrected chi connectivity index (χ1v) is 4.19. The molecule has 0 saturated carbocycles. The van der Waals surface area contributed by atoms with E-state index >= 15 is 0 Å². The summed E-state index contributed by atoms with van der Waals surface area (Å²) in [5.74, 6) is 4.13. The molecule has 1 aromatic rings. The van der Waals surface area contributed by atoms with Crippen molar-refractivity contribution >= 4 is 28.5 Å². The summed E-state index contributed by atoms with van der Waals surface area (Å²) in [7, 11) is 0. The van der Waals surface area contributed by atoms with Crippen LogP contribution in [0, 0.1) is 9.39 Å². The molecule has 1 rings (SSSR count). The van der Waals surface area contributed by atoms with Crippen LogP contribution in [0.4, 0.5) is 4.39 Å². The van der Waals surface area contributed by atoms with Gasteiger partial charge >= 0.3 is 0 Å². The largest absolute Gasteiger partial charge is 0.290 e. The van der Waals surface area contributed by atoms with Gasteiger partial charge in [0, 0.05) is 3.57 Å². The summed E-state index contributed by atoms with van der Waals surface area (Å²) in [6.45, 7) is 0. The van der Waals surface area contributed by atoms with Gasteiger partial charge in [0.05, 0.1) is 5.56 Å². The lowest BCUT2D eigenvalue weighted by atomic mass is 10.2. The molecule has 0 fully saturated rings. The number of carbonyl (C=O) groups is 1. The van der Waals surface area contributed by atoms with Gasteiger partial charge in [0.25, 0.3) is 5.91 Å². The summed E-state index contributed by atoms with van der Waals surface area (Å²) >= 11 is 1.87. The number of hydrazine groups is 1. The molecule has 1 aromatic carbocycles. The Balaban J connectivity index is 3.09. The van der Waals surface area contributed by atoms with Gasteiger partial charge in [-0.15, -0.1) is 0 Å². The normalized spacial score (nSPS) is 9.58. The summed E-state index contributed by atoms with van der Waals surface area (Å²) < 4.78 is 13.1. The number of halogens is 2. The van der Waals surface area contributed by atoms with Crippen molar-refractivity contribution in [1.82, 2.24) is 5.43 Å². The SMILES string of the molecule is NNC(=O)c1ccc(F)cc1I. The summed E-state index contributed by atoms with van der Waals surface area (Å²) in [4.78, 5) is 11.0. The average molecular weight is 280 g/mol. The molecule has 1 amide bonds. The number of rotatable bonds is 1. The fraction of sp³-hybridized carbons (Fsp3) is 0. The number of carbonyl (C=O) groups excluding carboxylic acids is 1. The monoisotopic (exact) mass is 280 g/mol. The Bertz CT molecular complexity index is 316. The molecule has 0 spiro atoms. The zero-order valence-electron chi connectivity index (χ0n) is 5.97. The summed E-state index contributed by atoms with van der Waals surface area (Å²) in [5.41, 5.74) is 2.35. The predicted molar refractivity (Wildman–Crippen MR) is 50.8 cm³/mol. The van der Waals surface area contributed by atoms with Crippen LogP contribution in [0.15, 0.2) is 18.2 Å². The molecule has 0 aliphatic rings. The van der Waals surface area contributed by atoms with E-state index in [2.05, 4.69) is 0 Å². The van der Waals surface area contributed by atoms with E-state index in [1.165, 1.54) is 18.2 Å². The maximum Gasteiger partial charge on any atom is 0.266 e. The van der Waals surface area contributed by atoms with Crippen LogP contribution in [0.3, 0.4) is 0 Å². The van der Waals surface area contributed by atoms with Gasteiger partial charge in [-0.1, -0.05) is 0 Å². The molecule has 0 aromatic heterocycles. The highest BCUT2D eigenvalue weighted by Gasteiger charge is 2.07. The van der Waals surface area contributed by atoms with Crippen molar-refractivity contribution in [1.29, 1.82) is 0 Å². The molecule has 3 nitrogen and oxygen atoms in total. The lowest BCUT2D eigenvalue weighted by Gasteiger charge is -2.01. The fourth-order valence-electron chi connectivity index (χ4n) is 0.751. The Kier molecular flexibility index (Phi) is 2.99. The quantitative estimate of drug-likeness (QED) is 0.349. The third-order valence-corrected chi connectivity index (χ3v) is 2.20. The Morgan fingerprint density at radius 1 is 1.58 bits per heavy atom. The molecule has 12 heavy (non-hydrogen) atoms. The number of nitrogen functional groups attached to an aromatic ring is 1. The molecular formula is C7H6FIN2O. The lowest BCUT2D eigenvalue weighted by molar-refractivity contribution is 0.0952. The van der Waals surface area contributed by atoms with E-state index < -0.39 is 5.91 Å². The predicted octanol–water partition coefficient (Wildman–Crippen LogP) is 1.03. The number of hydrogen-bond acceptors (Lipinski definition) is 2. The van der Waals surface area contributed by atoms with Gasteiger partial charge in [0.15, 0.2) is 0 Å². The number of nitrogens with one attached hydrogen (secondary N) is 1. The molecule has 5 heteroatoms. The number of nitrogens with two attached hydrogens (primary N) is 1. The number of benzene rings is 1. The van der Waals surface area contributed by atoms with Crippen LogP contribution in [0.5, 0.6) is 0 Å². The second-order valence-electron chi connectivity index (χ2n) is 2.10. The van der Waals surface area contributed by atoms with E-state index in [0.29, 0.717) is 9.13 Å². The highest BCUT2D eigenvalue weighted by atomic mass is 127. The third-order valence-electron chi connectivity index (χ3n) is 1.31. The second kappa shape index (κ2) is 3.81. The minimum absolute atomic E-state index is 0.368. The first-order chi connectivity index (χ1) is 5.65.